The largest absolute Gasteiger partial charge is 0.359 e. The standard InChI is InChI=1S/C17H24N2O/c1-13-17(2,3)14-9-5-6-10-15(14)19(13)12-8-7-11-16(20)18-4/h5-6,9-10H,7-8,11-12H2,1-4H3/p+1. The van der Waals surface area contributed by atoms with E-state index in [1.54, 1.807) is 7.05 Å². The molecule has 0 spiro atoms. The van der Waals surface area contributed by atoms with Gasteiger partial charge in [-0.25, -0.2) is 0 Å². The molecular weight excluding hydrogens is 248 g/mol. The van der Waals surface area contributed by atoms with Crippen molar-refractivity contribution in [3.63, 3.8) is 0 Å². The summed E-state index contributed by atoms with van der Waals surface area (Å²) in [4.78, 5) is 11.2. The van der Waals surface area contributed by atoms with Gasteiger partial charge in [-0.05, 0) is 20.3 Å². The fraction of sp³-hybridized carbons (Fsp3) is 0.529. The first kappa shape index (κ1) is 14.8. The van der Waals surface area contributed by atoms with Crippen LogP contribution in [-0.2, 0) is 10.2 Å². The molecule has 1 heterocycles. The second-order valence-electron chi connectivity index (χ2n) is 6.01. The lowest BCUT2D eigenvalue weighted by Crippen LogP contribution is -2.26. The molecule has 0 bridgehead atoms. The Morgan fingerprint density at radius 3 is 2.65 bits per heavy atom. The Kier molecular flexibility index (Phi) is 4.26. The summed E-state index contributed by atoms with van der Waals surface area (Å²) < 4.78 is 2.42. The van der Waals surface area contributed by atoms with E-state index < -0.39 is 0 Å². The van der Waals surface area contributed by atoms with Gasteiger partial charge in [-0.15, -0.1) is 0 Å². The molecule has 1 aliphatic heterocycles. The predicted molar refractivity (Wildman–Crippen MR) is 82.9 cm³/mol. The van der Waals surface area contributed by atoms with Crippen molar-refractivity contribution in [3.8, 4) is 0 Å². The Morgan fingerprint density at radius 1 is 1.25 bits per heavy atom. The number of hydrogen-bond acceptors (Lipinski definition) is 1. The Labute approximate surface area is 121 Å². The van der Waals surface area contributed by atoms with Crippen molar-refractivity contribution in [1.82, 2.24) is 5.32 Å². The van der Waals surface area contributed by atoms with Crippen LogP contribution in [0.1, 0.15) is 45.6 Å². The summed E-state index contributed by atoms with van der Waals surface area (Å²) in [6.07, 6.45) is 2.59. The number of unbranched alkanes of at least 4 members (excludes halogenated alkanes) is 1. The number of para-hydroxylation sites is 1. The summed E-state index contributed by atoms with van der Waals surface area (Å²) in [5.74, 6) is 0.132. The second-order valence-corrected chi connectivity index (χ2v) is 6.01. The van der Waals surface area contributed by atoms with Crippen LogP contribution in [0.5, 0.6) is 0 Å². The van der Waals surface area contributed by atoms with E-state index in [1.807, 2.05) is 0 Å². The number of carbonyl (C=O) groups excluding carboxylic acids is 1. The zero-order valence-electron chi connectivity index (χ0n) is 13.0. The van der Waals surface area contributed by atoms with Gasteiger partial charge in [-0.1, -0.05) is 18.2 Å². The van der Waals surface area contributed by atoms with Crippen LogP contribution in [-0.4, -0.2) is 29.8 Å². The number of benzene rings is 1. The summed E-state index contributed by atoms with van der Waals surface area (Å²) in [5, 5.41) is 2.67. The van der Waals surface area contributed by atoms with E-state index in [-0.39, 0.29) is 11.3 Å². The van der Waals surface area contributed by atoms with E-state index in [9.17, 15) is 4.79 Å². The van der Waals surface area contributed by atoms with Gasteiger partial charge in [0.1, 0.15) is 6.54 Å². The zero-order chi connectivity index (χ0) is 14.8. The fourth-order valence-corrected chi connectivity index (χ4v) is 2.92. The van der Waals surface area contributed by atoms with Crippen LogP contribution in [0.25, 0.3) is 0 Å². The maximum Gasteiger partial charge on any atom is 0.219 e. The van der Waals surface area contributed by atoms with Crippen LogP contribution in [0.2, 0.25) is 0 Å². The van der Waals surface area contributed by atoms with Gasteiger partial charge in [0.2, 0.25) is 11.6 Å². The topological polar surface area (TPSA) is 32.1 Å². The third kappa shape index (κ3) is 2.62. The van der Waals surface area contributed by atoms with Gasteiger partial charge in [-0.2, -0.15) is 4.58 Å². The van der Waals surface area contributed by atoms with Crippen LogP contribution in [0, 0.1) is 0 Å². The molecule has 0 saturated heterocycles. The van der Waals surface area contributed by atoms with E-state index in [0.29, 0.717) is 6.42 Å². The highest BCUT2D eigenvalue weighted by Gasteiger charge is 2.42. The van der Waals surface area contributed by atoms with Crippen molar-refractivity contribution in [2.45, 2.75) is 45.4 Å². The van der Waals surface area contributed by atoms with Crippen molar-refractivity contribution in [2.75, 3.05) is 13.6 Å². The minimum absolute atomic E-state index is 0.109. The van der Waals surface area contributed by atoms with E-state index in [0.717, 1.165) is 19.4 Å². The van der Waals surface area contributed by atoms with Crippen molar-refractivity contribution in [3.05, 3.63) is 29.8 Å². The smallest absolute Gasteiger partial charge is 0.219 e. The van der Waals surface area contributed by atoms with Gasteiger partial charge < -0.3 is 5.32 Å². The highest BCUT2D eigenvalue weighted by Crippen LogP contribution is 2.39. The van der Waals surface area contributed by atoms with E-state index in [2.05, 4.69) is 54.9 Å². The first-order chi connectivity index (χ1) is 9.48. The Morgan fingerprint density at radius 2 is 1.95 bits per heavy atom. The molecule has 1 amide bonds. The molecule has 0 radical (unpaired) electrons. The number of amides is 1. The Bertz CT molecular complexity index is 544. The summed E-state index contributed by atoms with van der Waals surface area (Å²) in [5.41, 5.74) is 4.24. The Balaban J connectivity index is 2.08. The van der Waals surface area contributed by atoms with Gasteiger partial charge in [0.25, 0.3) is 0 Å². The number of carbonyl (C=O) groups is 1. The van der Waals surface area contributed by atoms with Crippen LogP contribution >= 0.6 is 0 Å². The number of nitrogens with zero attached hydrogens (tertiary/aromatic N) is 1. The summed E-state index contributed by atoms with van der Waals surface area (Å²) in [6.45, 7) is 7.78. The average Bonchev–Trinajstić information content (AvgIpc) is 2.64. The quantitative estimate of drug-likeness (QED) is 0.649. The lowest BCUT2D eigenvalue weighted by Gasteiger charge is -2.14. The van der Waals surface area contributed by atoms with Crippen molar-refractivity contribution in [1.29, 1.82) is 0 Å². The van der Waals surface area contributed by atoms with Crippen molar-refractivity contribution >= 4 is 17.3 Å². The normalized spacial score (nSPS) is 16.2. The molecule has 0 atom stereocenters. The van der Waals surface area contributed by atoms with E-state index in [1.165, 1.54) is 17.0 Å². The number of fused-ring (bicyclic) bond motifs is 1. The van der Waals surface area contributed by atoms with Crippen molar-refractivity contribution in [2.24, 2.45) is 0 Å². The van der Waals surface area contributed by atoms with Gasteiger partial charge in [0.15, 0.2) is 5.71 Å². The van der Waals surface area contributed by atoms with Gasteiger partial charge >= 0.3 is 0 Å². The molecule has 0 aromatic heterocycles. The second kappa shape index (κ2) is 5.78. The molecule has 0 aliphatic carbocycles. The molecule has 0 saturated carbocycles. The van der Waals surface area contributed by atoms with Crippen LogP contribution in [0.3, 0.4) is 0 Å². The minimum atomic E-state index is 0.109. The molecule has 3 nitrogen and oxygen atoms in total. The molecule has 1 N–H and O–H groups in total. The minimum Gasteiger partial charge on any atom is -0.359 e. The molecule has 1 aromatic rings. The van der Waals surface area contributed by atoms with Crippen LogP contribution in [0.15, 0.2) is 24.3 Å². The highest BCUT2D eigenvalue weighted by atomic mass is 16.1. The predicted octanol–water partition coefficient (Wildman–Crippen LogP) is 3.00. The monoisotopic (exact) mass is 273 g/mol. The van der Waals surface area contributed by atoms with Crippen LogP contribution < -0.4 is 5.32 Å². The Hall–Kier alpha value is -1.64. The van der Waals surface area contributed by atoms with E-state index in [4.69, 9.17) is 0 Å². The maximum absolute atomic E-state index is 11.2. The van der Waals surface area contributed by atoms with Gasteiger partial charge in [-0.3, -0.25) is 4.79 Å². The summed E-state index contributed by atoms with van der Waals surface area (Å²) in [7, 11) is 1.69. The molecule has 0 fully saturated rings. The van der Waals surface area contributed by atoms with Crippen molar-refractivity contribution < 1.29 is 9.37 Å². The van der Waals surface area contributed by atoms with Gasteiger partial charge in [0, 0.05) is 38.4 Å². The summed E-state index contributed by atoms with van der Waals surface area (Å²) in [6, 6.07) is 8.64. The first-order valence-electron chi connectivity index (χ1n) is 7.40. The van der Waals surface area contributed by atoms with Crippen LogP contribution in [0.4, 0.5) is 5.69 Å². The zero-order valence-corrected chi connectivity index (χ0v) is 13.0. The number of hydrogen-bond donors (Lipinski definition) is 1. The van der Waals surface area contributed by atoms with E-state index >= 15 is 0 Å². The average molecular weight is 273 g/mol. The SMILES string of the molecule is CNC(=O)CCCC[N+]1=C(C)C(C)(C)c2ccccc21. The number of rotatable bonds is 5. The molecule has 2 rings (SSSR count). The molecule has 3 heteroatoms. The molecule has 1 aliphatic rings. The lowest BCUT2D eigenvalue weighted by molar-refractivity contribution is -0.439. The number of nitrogens with one attached hydrogen (secondary N) is 1. The fourth-order valence-electron chi connectivity index (χ4n) is 2.92. The third-order valence-electron chi connectivity index (χ3n) is 4.49. The molecule has 1 aromatic carbocycles. The highest BCUT2D eigenvalue weighted by molar-refractivity contribution is 5.93. The summed E-state index contributed by atoms with van der Waals surface area (Å²) >= 11 is 0. The lowest BCUT2D eigenvalue weighted by atomic mass is 9.82. The third-order valence-corrected chi connectivity index (χ3v) is 4.49. The van der Waals surface area contributed by atoms with Gasteiger partial charge in [0.05, 0.1) is 5.41 Å². The molecule has 0 unspecified atom stereocenters. The molecular formula is C17H25N2O+. The maximum atomic E-state index is 11.2. The molecule has 20 heavy (non-hydrogen) atoms. The molecule has 108 valence electrons. The first-order valence-corrected chi connectivity index (χ1v) is 7.40.